The second-order valence-corrected chi connectivity index (χ2v) is 8.93. The van der Waals surface area contributed by atoms with E-state index in [1.54, 1.807) is 7.05 Å². The van der Waals surface area contributed by atoms with Gasteiger partial charge in [0.2, 0.25) is 5.82 Å². The second kappa shape index (κ2) is 8.86. The highest BCUT2D eigenvalue weighted by molar-refractivity contribution is 9.09. The molecule has 0 bridgehead atoms. The Kier molecular flexibility index (Phi) is 7.39. The van der Waals surface area contributed by atoms with E-state index in [1.165, 1.54) is 10.8 Å². The van der Waals surface area contributed by atoms with Crippen LogP contribution in [0.1, 0.15) is 24.8 Å². The van der Waals surface area contributed by atoms with Gasteiger partial charge in [-0.15, -0.1) is 0 Å². The average Bonchev–Trinajstić information content (AvgIpc) is 3.31. The van der Waals surface area contributed by atoms with E-state index in [2.05, 4.69) is 47.0 Å². The molecule has 136 valence electrons. The average molecular weight is 489 g/mol. The van der Waals surface area contributed by atoms with Gasteiger partial charge in [-0.05, 0) is 23.7 Å². The predicted octanol–water partition coefficient (Wildman–Crippen LogP) is 2.87. The number of nitrogens with zero attached hydrogens (tertiary/aromatic N) is 3. The Bertz CT molecular complexity index is 613. The maximum absolute atomic E-state index is 13.0. The van der Waals surface area contributed by atoms with Crippen molar-refractivity contribution in [3.8, 4) is 0 Å². The van der Waals surface area contributed by atoms with Crippen molar-refractivity contribution < 1.29 is 14.0 Å². The maximum Gasteiger partial charge on any atom is 0.342 e. The molecule has 0 aliphatic heterocycles. The first-order valence-corrected chi connectivity index (χ1v) is 11.3. The zero-order valence-corrected chi connectivity index (χ0v) is 17.2. The summed E-state index contributed by atoms with van der Waals surface area (Å²) >= 11 is 6.57. The molecule has 0 radical (unpaired) electrons. The molecular formula is C12H20Br2N5O4P. The fraction of sp³-hybridized carbons (Fsp3) is 0.750. The van der Waals surface area contributed by atoms with E-state index in [1.807, 2.05) is 0 Å². The highest BCUT2D eigenvalue weighted by Gasteiger charge is 2.43. The molecule has 9 nitrogen and oxygen atoms in total. The van der Waals surface area contributed by atoms with Crippen molar-refractivity contribution in [3.05, 3.63) is 22.1 Å². The minimum atomic E-state index is -3.31. The number of hydrogen-bond donors (Lipinski definition) is 2. The lowest BCUT2D eigenvalue weighted by Crippen LogP contribution is -2.29. The third-order valence-corrected chi connectivity index (χ3v) is 6.18. The first-order valence-electron chi connectivity index (χ1n) is 7.48. The molecule has 1 aromatic heterocycles. The van der Waals surface area contributed by atoms with Gasteiger partial charge in [0.1, 0.15) is 6.20 Å². The lowest BCUT2D eigenvalue weighted by molar-refractivity contribution is -0.391. The van der Waals surface area contributed by atoms with E-state index in [0.29, 0.717) is 29.6 Å². The van der Waals surface area contributed by atoms with Gasteiger partial charge in [0.15, 0.2) is 6.10 Å². The van der Waals surface area contributed by atoms with E-state index in [9.17, 15) is 14.7 Å². The number of nitro groups is 1. The molecule has 1 aliphatic rings. The summed E-state index contributed by atoms with van der Waals surface area (Å²) in [7, 11) is -1.73. The van der Waals surface area contributed by atoms with Gasteiger partial charge >= 0.3 is 13.5 Å². The lowest BCUT2D eigenvalue weighted by Gasteiger charge is -2.24. The fourth-order valence-corrected chi connectivity index (χ4v) is 4.93. The second-order valence-electron chi connectivity index (χ2n) is 5.40. The van der Waals surface area contributed by atoms with Gasteiger partial charge in [-0.3, -0.25) is 9.09 Å². The van der Waals surface area contributed by atoms with E-state index in [0.717, 1.165) is 12.8 Å². The summed E-state index contributed by atoms with van der Waals surface area (Å²) < 4.78 is 20.3. The predicted molar refractivity (Wildman–Crippen MR) is 97.6 cm³/mol. The minimum Gasteiger partial charge on any atom is -0.358 e. The van der Waals surface area contributed by atoms with Crippen LogP contribution < -0.4 is 10.2 Å². The van der Waals surface area contributed by atoms with Crippen LogP contribution in [-0.4, -0.2) is 38.2 Å². The molecule has 1 atom stereocenters. The number of halogens is 2. The molecule has 0 aromatic carbocycles. The highest BCUT2D eigenvalue weighted by Crippen LogP contribution is 2.51. The molecule has 1 saturated carbocycles. The molecular weight excluding hydrogens is 469 g/mol. The van der Waals surface area contributed by atoms with Crippen molar-refractivity contribution in [3.63, 3.8) is 0 Å². The van der Waals surface area contributed by atoms with Gasteiger partial charge in [0.25, 0.3) is 0 Å². The van der Waals surface area contributed by atoms with Crippen LogP contribution in [0.2, 0.25) is 0 Å². The SMILES string of the molecule is Cn1c([N+](=O)[O-])cnc1C(OP(=O)(NCCBr)NCCBr)C1CC1. The molecule has 0 spiro atoms. The van der Waals surface area contributed by atoms with E-state index < -0.39 is 18.7 Å². The monoisotopic (exact) mass is 487 g/mol. The van der Waals surface area contributed by atoms with Gasteiger partial charge in [-0.1, -0.05) is 31.9 Å². The summed E-state index contributed by atoms with van der Waals surface area (Å²) in [5.41, 5.74) is 0. The third kappa shape index (κ3) is 5.09. The van der Waals surface area contributed by atoms with Crippen LogP contribution in [-0.2, 0) is 16.1 Å². The van der Waals surface area contributed by atoms with Crippen LogP contribution in [0.5, 0.6) is 0 Å². The van der Waals surface area contributed by atoms with Crippen molar-refractivity contribution in [1.82, 2.24) is 19.7 Å². The topological polar surface area (TPSA) is 111 Å². The van der Waals surface area contributed by atoms with Crippen LogP contribution in [0, 0.1) is 16.0 Å². The summed E-state index contributed by atoms with van der Waals surface area (Å²) in [5.74, 6) is 0.470. The molecule has 2 rings (SSSR count). The van der Waals surface area contributed by atoms with Crippen LogP contribution in [0.4, 0.5) is 5.82 Å². The maximum atomic E-state index is 13.0. The van der Waals surface area contributed by atoms with Crippen LogP contribution in [0.25, 0.3) is 0 Å². The number of rotatable bonds is 11. The van der Waals surface area contributed by atoms with Gasteiger partial charge in [-0.25, -0.2) is 19.7 Å². The molecule has 1 fully saturated rings. The van der Waals surface area contributed by atoms with Crippen molar-refractivity contribution in [1.29, 1.82) is 0 Å². The Hall–Kier alpha value is -0.320. The van der Waals surface area contributed by atoms with Crippen LogP contribution in [0.3, 0.4) is 0 Å². The third-order valence-electron chi connectivity index (χ3n) is 3.58. The highest BCUT2D eigenvalue weighted by atomic mass is 79.9. The summed E-state index contributed by atoms with van der Waals surface area (Å²) in [4.78, 5) is 14.7. The Morgan fingerprint density at radius 1 is 1.46 bits per heavy atom. The number of aromatic nitrogens is 2. The zero-order chi connectivity index (χ0) is 17.7. The van der Waals surface area contributed by atoms with E-state index in [-0.39, 0.29) is 11.7 Å². The summed E-state index contributed by atoms with van der Waals surface area (Å²) in [6.45, 7) is 0.926. The number of nitrogens with one attached hydrogen (secondary N) is 2. The van der Waals surface area contributed by atoms with E-state index >= 15 is 0 Å². The first-order chi connectivity index (χ1) is 11.4. The molecule has 0 saturated heterocycles. The number of hydrogen-bond acceptors (Lipinski definition) is 5. The molecule has 1 heterocycles. The van der Waals surface area contributed by atoms with Crippen molar-refractivity contribution in [2.24, 2.45) is 13.0 Å². The largest absolute Gasteiger partial charge is 0.358 e. The van der Waals surface area contributed by atoms with Gasteiger partial charge in [0.05, 0.1) is 7.05 Å². The summed E-state index contributed by atoms with van der Waals surface area (Å²) in [6, 6.07) is 0. The van der Waals surface area contributed by atoms with Gasteiger partial charge < -0.3 is 10.1 Å². The van der Waals surface area contributed by atoms with Crippen molar-refractivity contribution >= 4 is 45.3 Å². The molecule has 1 unspecified atom stereocenters. The quantitative estimate of drug-likeness (QED) is 0.213. The van der Waals surface area contributed by atoms with Crippen LogP contribution >= 0.6 is 39.5 Å². The Labute approximate surface area is 156 Å². The molecule has 24 heavy (non-hydrogen) atoms. The summed E-state index contributed by atoms with van der Waals surface area (Å²) in [5, 5.41) is 18.1. The Balaban J connectivity index is 2.23. The standard InChI is InChI=1S/C12H20Br2N5O4P/c1-18-10(19(20)21)8-15-12(18)11(9-2-3-9)23-24(22,16-6-4-13)17-7-5-14/h8-9,11H,2-7H2,1H3,(H2,16,17,22). The van der Waals surface area contributed by atoms with Gasteiger partial charge in [-0.2, -0.15) is 0 Å². The first kappa shape index (κ1) is 20.0. The Morgan fingerprint density at radius 3 is 2.46 bits per heavy atom. The molecule has 0 amide bonds. The van der Waals surface area contributed by atoms with Crippen LogP contribution in [0.15, 0.2) is 6.20 Å². The Morgan fingerprint density at radius 2 is 2.04 bits per heavy atom. The molecule has 12 heteroatoms. The number of alkyl halides is 2. The zero-order valence-electron chi connectivity index (χ0n) is 13.2. The number of imidazole rings is 1. The summed E-state index contributed by atoms with van der Waals surface area (Å²) in [6.07, 6.45) is 2.49. The van der Waals surface area contributed by atoms with Crippen molar-refractivity contribution in [2.45, 2.75) is 18.9 Å². The molecule has 1 aromatic rings. The lowest BCUT2D eigenvalue weighted by atomic mass is 10.2. The molecule has 1 aliphatic carbocycles. The minimum absolute atomic E-state index is 0.115. The fourth-order valence-electron chi connectivity index (χ4n) is 2.26. The van der Waals surface area contributed by atoms with Crippen molar-refractivity contribution in [2.75, 3.05) is 23.7 Å². The van der Waals surface area contributed by atoms with Gasteiger partial charge in [0, 0.05) is 23.7 Å². The molecule has 2 N–H and O–H groups in total. The van der Waals surface area contributed by atoms with E-state index in [4.69, 9.17) is 4.52 Å². The smallest absolute Gasteiger partial charge is 0.342 e. The normalized spacial score (nSPS) is 16.3.